The number of benzene rings is 1. The third-order valence-electron chi connectivity index (χ3n) is 5.42. The fraction of sp³-hybridized carbons (Fsp3) is 0.667. The van der Waals surface area contributed by atoms with Gasteiger partial charge in [0.2, 0.25) is 0 Å². The van der Waals surface area contributed by atoms with Crippen LogP contribution >= 0.6 is 0 Å². The van der Waals surface area contributed by atoms with Crippen LogP contribution in [0, 0.1) is 0 Å². The third kappa shape index (κ3) is 7.22. The van der Waals surface area contributed by atoms with E-state index in [2.05, 4.69) is 6.92 Å². The smallest absolute Gasteiger partial charge is 0.306 e. The molecule has 6 nitrogen and oxygen atoms in total. The molecule has 0 aliphatic rings. The van der Waals surface area contributed by atoms with Gasteiger partial charge in [-0.2, -0.15) is 0 Å². The largest absolute Gasteiger partial charge is 0.496 e. The van der Waals surface area contributed by atoms with E-state index >= 15 is 0 Å². The van der Waals surface area contributed by atoms with Gasteiger partial charge in [0.25, 0.3) is 0 Å². The van der Waals surface area contributed by atoms with Gasteiger partial charge in [-0.25, -0.2) is 0 Å². The topological polar surface area (TPSA) is 82.1 Å². The molecule has 0 saturated carbocycles. The maximum Gasteiger partial charge on any atom is 0.306 e. The SMILES string of the molecule is CCCCCCOC(=O)CC(C)(C)c1cc(OC)c(C(C)(C)CC(=O)O)cc1OC. The molecule has 0 aliphatic carbocycles. The maximum absolute atomic E-state index is 12.4. The quantitative estimate of drug-likeness (QED) is 0.345. The molecule has 0 aromatic heterocycles. The Morgan fingerprint density at radius 2 is 1.37 bits per heavy atom. The Hall–Kier alpha value is -2.24. The number of hydrogen-bond acceptors (Lipinski definition) is 5. The lowest BCUT2D eigenvalue weighted by molar-refractivity contribution is -0.145. The van der Waals surface area contributed by atoms with E-state index < -0.39 is 16.8 Å². The van der Waals surface area contributed by atoms with Crippen molar-refractivity contribution in [3.8, 4) is 11.5 Å². The minimum absolute atomic E-state index is 0.0421. The molecule has 0 saturated heterocycles. The summed E-state index contributed by atoms with van der Waals surface area (Å²) in [7, 11) is 3.13. The van der Waals surface area contributed by atoms with Crippen molar-refractivity contribution in [3.05, 3.63) is 23.3 Å². The van der Waals surface area contributed by atoms with Crippen molar-refractivity contribution in [3.63, 3.8) is 0 Å². The number of unbranched alkanes of at least 4 members (excludes halogenated alkanes) is 3. The van der Waals surface area contributed by atoms with Crippen LogP contribution in [0.3, 0.4) is 0 Å². The van der Waals surface area contributed by atoms with E-state index in [4.69, 9.17) is 14.2 Å². The van der Waals surface area contributed by atoms with Gasteiger partial charge in [-0.1, -0.05) is 53.9 Å². The molecule has 170 valence electrons. The van der Waals surface area contributed by atoms with Crippen LogP contribution in [-0.2, 0) is 25.2 Å². The highest BCUT2D eigenvalue weighted by atomic mass is 16.5. The highest BCUT2D eigenvalue weighted by Crippen LogP contribution is 2.43. The van der Waals surface area contributed by atoms with Gasteiger partial charge < -0.3 is 19.3 Å². The predicted octanol–water partition coefficient (Wildman–Crippen LogP) is 5.25. The van der Waals surface area contributed by atoms with E-state index in [0.29, 0.717) is 18.1 Å². The molecule has 30 heavy (non-hydrogen) atoms. The lowest BCUT2D eigenvalue weighted by atomic mass is 9.76. The van der Waals surface area contributed by atoms with Crippen molar-refractivity contribution in [2.24, 2.45) is 0 Å². The summed E-state index contributed by atoms with van der Waals surface area (Å²) in [6.45, 7) is 10.2. The van der Waals surface area contributed by atoms with E-state index in [0.717, 1.165) is 36.8 Å². The second kappa shape index (κ2) is 11.2. The molecule has 1 rings (SSSR count). The summed E-state index contributed by atoms with van der Waals surface area (Å²) in [6.07, 6.45) is 4.39. The van der Waals surface area contributed by atoms with Crippen LogP contribution in [0.2, 0.25) is 0 Å². The van der Waals surface area contributed by atoms with E-state index in [9.17, 15) is 14.7 Å². The molecule has 1 N–H and O–H groups in total. The van der Waals surface area contributed by atoms with E-state index in [-0.39, 0.29) is 18.8 Å². The van der Waals surface area contributed by atoms with Gasteiger partial charge in [0, 0.05) is 22.0 Å². The lowest BCUT2D eigenvalue weighted by Gasteiger charge is -2.31. The summed E-state index contributed by atoms with van der Waals surface area (Å²) < 4.78 is 16.6. The molecule has 0 spiro atoms. The second-order valence-corrected chi connectivity index (χ2v) is 9.05. The molecule has 1 aromatic rings. The zero-order valence-electron chi connectivity index (χ0n) is 19.6. The minimum atomic E-state index is -0.882. The first kappa shape index (κ1) is 25.8. The van der Waals surface area contributed by atoms with Gasteiger partial charge in [0.1, 0.15) is 11.5 Å². The molecule has 0 fully saturated rings. The van der Waals surface area contributed by atoms with Crippen molar-refractivity contribution in [1.82, 2.24) is 0 Å². The molecule has 0 radical (unpaired) electrons. The zero-order valence-corrected chi connectivity index (χ0v) is 19.6. The zero-order chi connectivity index (χ0) is 22.9. The number of carboxylic acids is 1. The maximum atomic E-state index is 12.4. The predicted molar refractivity (Wildman–Crippen MR) is 118 cm³/mol. The summed E-state index contributed by atoms with van der Waals surface area (Å²) in [4.78, 5) is 23.7. The van der Waals surface area contributed by atoms with Gasteiger partial charge >= 0.3 is 11.9 Å². The number of ether oxygens (including phenoxy) is 3. The molecule has 0 aliphatic heterocycles. The first-order valence-electron chi connectivity index (χ1n) is 10.6. The Balaban J connectivity index is 3.11. The van der Waals surface area contributed by atoms with Crippen molar-refractivity contribution in [2.75, 3.05) is 20.8 Å². The number of esters is 1. The Kier molecular flexibility index (Phi) is 9.66. The summed E-state index contributed by atoms with van der Waals surface area (Å²) in [6, 6.07) is 3.68. The number of methoxy groups -OCH3 is 2. The summed E-state index contributed by atoms with van der Waals surface area (Å²) in [5.74, 6) is 0.0583. The average Bonchev–Trinajstić information content (AvgIpc) is 2.65. The second-order valence-electron chi connectivity index (χ2n) is 9.05. The van der Waals surface area contributed by atoms with Crippen LogP contribution in [0.15, 0.2) is 12.1 Å². The van der Waals surface area contributed by atoms with Crippen molar-refractivity contribution < 1.29 is 28.9 Å². The van der Waals surface area contributed by atoms with Crippen LogP contribution in [0.4, 0.5) is 0 Å². The fourth-order valence-electron chi connectivity index (χ4n) is 3.65. The van der Waals surface area contributed by atoms with Crippen molar-refractivity contribution in [1.29, 1.82) is 0 Å². The van der Waals surface area contributed by atoms with Gasteiger partial charge in [0.05, 0.1) is 33.7 Å². The Labute approximate surface area is 180 Å². The van der Waals surface area contributed by atoms with Crippen LogP contribution in [0.5, 0.6) is 11.5 Å². The molecule has 0 atom stereocenters. The van der Waals surface area contributed by atoms with Crippen LogP contribution in [0.1, 0.15) is 84.3 Å². The number of carbonyl (C=O) groups excluding carboxylic acids is 1. The van der Waals surface area contributed by atoms with Crippen molar-refractivity contribution in [2.45, 2.75) is 84.0 Å². The summed E-state index contributed by atoms with van der Waals surface area (Å²) in [5.41, 5.74) is 0.376. The Bertz CT molecular complexity index is 721. The molecule has 0 amide bonds. The van der Waals surface area contributed by atoms with Gasteiger partial charge in [0.15, 0.2) is 0 Å². The van der Waals surface area contributed by atoms with Gasteiger partial charge in [-0.3, -0.25) is 9.59 Å². The third-order valence-corrected chi connectivity index (χ3v) is 5.42. The summed E-state index contributed by atoms with van der Waals surface area (Å²) in [5, 5.41) is 9.28. The van der Waals surface area contributed by atoms with Gasteiger partial charge in [-0.05, 0) is 18.6 Å². The summed E-state index contributed by atoms with van der Waals surface area (Å²) >= 11 is 0. The van der Waals surface area contributed by atoms with Crippen LogP contribution < -0.4 is 9.47 Å². The van der Waals surface area contributed by atoms with E-state index in [1.54, 1.807) is 14.2 Å². The first-order chi connectivity index (χ1) is 14.0. The number of aliphatic carboxylic acids is 1. The standard InChI is InChI=1S/C24H38O6/c1-8-9-10-11-12-30-22(27)16-24(4,5)18-14-19(28-6)17(13-20(18)29-7)23(2,3)15-21(25)26/h13-14H,8-12,15-16H2,1-7H3,(H,25,26). The van der Waals surface area contributed by atoms with Crippen LogP contribution in [-0.4, -0.2) is 37.9 Å². The lowest BCUT2D eigenvalue weighted by Crippen LogP contribution is -2.26. The molecule has 0 bridgehead atoms. The number of carbonyl (C=O) groups is 2. The highest BCUT2D eigenvalue weighted by Gasteiger charge is 2.33. The number of rotatable bonds is 13. The number of carboxylic acid groups (broad SMARTS) is 1. The molecular formula is C24H38O6. The Morgan fingerprint density at radius 1 is 0.867 bits per heavy atom. The fourth-order valence-corrected chi connectivity index (χ4v) is 3.65. The molecule has 0 unspecified atom stereocenters. The Morgan fingerprint density at radius 3 is 1.80 bits per heavy atom. The number of hydrogen-bond donors (Lipinski definition) is 1. The van der Waals surface area contributed by atoms with Crippen LogP contribution in [0.25, 0.3) is 0 Å². The molecule has 6 heteroatoms. The van der Waals surface area contributed by atoms with E-state index in [1.807, 2.05) is 39.8 Å². The molecular weight excluding hydrogens is 384 g/mol. The first-order valence-corrected chi connectivity index (χ1v) is 10.6. The molecule has 1 aromatic carbocycles. The monoisotopic (exact) mass is 422 g/mol. The molecule has 0 heterocycles. The highest BCUT2D eigenvalue weighted by molar-refractivity contribution is 5.72. The minimum Gasteiger partial charge on any atom is -0.496 e. The van der Waals surface area contributed by atoms with Gasteiger partial charge in [-0.15, -0.1) is 0 Å². The average molecular weight is 423 g/mol. The van der Waals surface area contributed by atoms with E-state index in [1.165, 1.54) is 0 Å². The normalized spacial score (nSPS) is 11.8. The van der Waals surface area contributed by atoms with Crippen molar-refractivity contribution >= 4 is 11.9 Å².